The van der Waals surface area contributed by atoms with Gasteiger partial charge in [-0.2, -0.15) is 0 Å². The quantitative estimate of drug-likeness (QED) is 0.891. The number of ether oxygens (including phenoxy) is 1. The Balaban J connectivity index is 2.22. The predicted octanol–water partition coefficient (Wildman–Crippen LogP) is 4.59. The maximum Gasteiger partial charge on any atom is 0.130 e. The van der Waals surface area contributed by atoms with Crippen LogP contribution in [-0.2, 0) is 11.8 Å². The van der Waals surface area contributed by atoms with Crippen LogP contribution in [0.5, 0.6) is 11.5 Å². The van der Waals surface area contributed by atoms with Gasteiger partial charge >= 0.3 is 0 Å². The number of hydrogen-bond donors (Lipinski definition) is 1. The molecule has 0 aliphatic carbocycles. The molecule has 0 aromatic heterocycles. The maximum atomic E-state index is 6.03. The lowest BCUT2D eigenvalue weighted by Crippen LogP contribution is -2.10. The molecule has 21 heavy (non-hydrogen) atoms. The van der Waals surface area contributed by atoms with Crippen molar-refractivity contribution in [3.05, 3.63) is 59.2 Å². The molecule has 0 radical (unpaired) electrons. The monoisotopic (exact) mass is 283 g/mol. The highest BCUT2D eigenvalue weighted by Gasteiger charge is 2.13. The molecule has 2 aromatic carbocycles. The van der Waals surface area contributed by atoms with Crippen molar-refractivity contribution in [1.82, 2.24) is 0 Å². The van der Waals surface area contributed by atoms with Gasteiger partial charge in [0.25, 0.3) is 0 Å². The lowest BCUT2D eigenvalue weighted by atomic mass is 9.87. The van der Waals surface area contributed by atoms with Gasteiger partial charge in [0.05, 0.1) is 0 Å². The average molecular weight is 283 g/mol. The Hall–Kier alpha value is -1.80. The highest BCUT2D eigenvalue weighted by Crippen LogP contribution is 2.29. The van der Waals surface area contributed by atoms with Crippen LogP contribution in [0.3, 0.4) is 0 Å². The fourth-order valence-corrected chi connectivity index (χ4v) is 2.31. The zero-order valence-corrected chi connectivity index (χ0v) is 13.4. The van der Waals surface area contributed by atoms with Crippen LogP contribution in [0.2, 0.25) is 0 Å². The van der Waals surface area contributed by atoms with Crippen molar-refractivity contribution in [3.63, 3.8) is 0 Å². The molecule has 0 saturated heterocycles. The largest absolute Gasteiger partial charge is 0.457 e. The summed E-state index contributed by atoms with van der Waals surface area (Å²) in [6, 6.07) is 14.6. The van der Waals surface area contributed by atoms with Crippen molar-refractivity contribution in [3.8, 4) is 11.5 Å². The van der Waals surface area contributed by atoms with E-state index in [1.165, 1.54) is 11.1 Å². The number of nitrogens with two attached hydrogens (primary N) is 1. The average Bonchev–Trinajstić information content (AvgIpc) is 2.42. The van der Waals surface area contributed by atoms with Gasteiger partial charge in [-0.3, -0.25) is 0 Å². The Kier molecular flexibility index (Phi) is 4.69. The Labute approximate surface area is 127 Å². The van der Waals surface area contributed by atoms with E-state index in [9.17, 15) is 0 Å². The number of benzene rings is 2. The van der Waals surface area contributed by atoms with Crippen molar-refractivity contribution in [2.45, 2.75) is 39.5 Å². The SMILES string of the molecule is Cc1ccc(Oc2ccc(C(C)(C)C)cc2)c(CCN)c1. The zero-order chi connectivity index (χ0) is 15.5. The fraction of sp³-hybridized carbons (Fsp3) is 0.368. The summed E-state index contributed by atoms with van der Waals surface area (Å²) in [6.07, 6.45) is 0.830. The normalized spacial score (nSPS) is 11.5. The second-order valence-corrected chi connectivity index (χ2v) is 6.53. The molecule has 0 amide bonds. The highest BCUT2D eigenvalue weighted by atomic mass is 16.5. The summed E-state index contributed by atoms with van der Waals surface area (Å²) in [5, 5.41) is 0. The molecule has 0 heterocycles. The summed E-state index contributed by atoms with van der Waals surface area (Å²) in [5.74, 6) is 1.76. The third kappa shape index (κ3) is 4.08. The van der Waals surface area contributed by atoms with E-state index in [-0.39, 0.29) is 5.41 Å². The third-order valence-corrected chi connectivity index (χ3v) is 3.58. The first-order valence-corrected chi connectivity index (χ1v) is 7.48. The van der Waals surface area contributed by atoms with Crippen LogP contribution in [0.15, 0.2) is 42.5 Å². The fourth-order valence-electron chi connectivity index (χ4n) is 2.31. The van der Waals surface area contributed by atoms with Gasteiger partial charge in [0.2, 0.25) is 0 Å². The van der Waals surface area contributed by atoms with E-state index >= 15 is 0 Å². The van der Waals surface area contributed by atoms with Gasteiger partial charge < -0.3 is 10.5 Å². The van der Waals surface area contributed by atoms with Gasteiger partial charge in [-0.15, -0.1) is 0 Å². The van der Waals surface area contributed by atoms with E-state index in [0.29, 0.717) is 6.54 Å². The Morgan fingerprint density at radius 3 is 2.24 bits per heavy atom. The van der Waals surface area contributed by atoms with Gasteiger partial charge in [0.1, 0.15) is 11.5 Å². The predicted molar refractivity (Wildman–Crippen MR) is 89.2 cm³/mol. The summed E-state index contributed by atoms with van der Waals surface area (Å²) >= 11 is 0. The van der Waals surface area contributed by atoms with Crippen molar-refractivity contribution < 1.29 is 4.74 Å². The topological polar surface area (TPSA) is 35.2 Å². The Morgan fingerprint density at radius 1 is 1.00 bits per heavy atom. The van der Waals surface area contributed by atoms with Crippen molar-refractivity contribution in [2.24, 2.45) is 5.73 Å². The van der Waals surface area contributed by atoms with Crippen LogP contribution in [0.25, 0.3) is 0 Å². The Morgan fingerprint density at radius 2 is 1.67 bits per heavy atom. The van der Waals surface area contributed by atoms with Gasteiger partial charge in [-0.05, 0) is 54.6 Å². The summed E-state index contributed by atoms with van der Waals surface area (Å²) in [6.45, 7) is 9.34. The lowest BCUT2D eigenvalue weighted by molar-refractivity contribution is 0.475. The van der Waals surface area contributed by atoms with Gasteiger partial charge in [0.15, 0.2) is 0 Å². The zero-order valence-electron chi connectivity index (χ0n) is 13.4. The van der Waals surface area contributed by atoms with Crippen LogP contribution in [0, 0.1) is 6.92 Å². The summed E-state index contributed by atoms with van der Waals surface area (Å²) in [4.78, 5) is 0. The van der Waals surface area contributed by atoms with Crippen molar-refractivity contribution in [2.75, 3.05) is 6.54 Å². The first-order valence-electron chi connectivity index (χ1n) is 7.48. The minimum Gasteiger partial charge on any atom is -0.457 e. The molecule has 0 atom stereocenters. The van der Waals surface area contributed by atoms with Gasteiger partial charge in [-0.25, -0.2) is 0 Å². The first kappa shape index (κ1) is 15.6. The van der Waals surface area contributed by atoms with E-state index in [1.54, 1.807) is 0 Å². The third-order valence-electron chi connectivity index (χ3n) is 3.58. The summed E-state index contributed by atoms with van der Waals surface area (Å²) < 4.78 is 6.03. The molecule has 0 saturated carbocycles. The Bertz CT molecular complexity index is 594. The molecule has 2 heteroatoms. The molecular formula is C19H25NO. The summed E-state index contributed by atoms with van der Waals surface area (Å²) in [7, 11) is 0. The second kappa shape index (κ2) is 6.31. The lowest BCUT2D eigenvalue weighted by Gasteiger charge is -2.19. The van der Waals surface area contributed by atoms with Gasteiger partial charge in [-0.1, -0.05) is 50.6 Å². The van der Waals surface area contributed by atoms with Gasteiger partial charge in [0, 0.05) is 0 Å². The van der Waals surface area contributed by atoms with Crippen LogP contribution >= 0.6 is 0 Å². The molecule has 0 aliphatic rings. The van der Waals surface area contributed by atoms with Crippen LogP contribution < -0.4 is 10.5 Å². The molecule has 2 rings (SSSR count). The molecule has 112 valence electrons. The molecule has 0 fully saturated rings. The molecule has 0 spiro atoms. The molecule has 2 aromatic rings. The van der Waals surface area contributed by atoms with E-state index < -0.39 is 0 Å². The van der Waals surface area contributed by atoms with Crippen molar-refractivity contribution >= 4 is 0 Å². The van der Waals surface area contributed by atoms with E-state index in [0.717, 1.165) is 23.5 Å². The summed E-state index contributed by atoms with van der Waals surface area (Å²) in [5.41, 5.74) is 9.55. The smallest absolute Gasteiger partial charge is 0.130 e. The number of aryl methyl sites for hydroxylation is 1. The molecule has 0 unspecified atom stereocenters. The first-order chi connectivity index (χ1) is 9.90. The standard InChI is InChI=1S/C19H25NO/c1-14-5-10-18(15(13-14)11-12-20)21-17-8-6-16(7-9-17)19(2,3)4/h5-10,13H,11-12,20H2,1-4H3. The molecule has 0 bridgehead atoms. The van der Waals surface area contributed by atoms with E-state index in [4.69, 9.17) is 10.5 Å². The van der Waals surface area contributed by atoms with Crippen LogP contribution in [0.1, 0.15) is 37.5 Å². The molecule has 2 N–H and O–H groups in total. The van der Waals surface area contributed by atoms with Crippen LogP contribution in [0.4, 0.5) is 0 Å². The minimum atomic E-state index is 0.160. The van der Waals surface area contributed by atoms with Crippen molar-refractivity contribution in [1.29, 1.82) is 0 Å². The second-order valence-electron chi connectivity index (χ2n) is 6.53. The maximum absolute atomic E-state index is 6.03. The number of hydrogen-bond acceptors (Lipinski definition) is 2. The highest BCUT2D eigenvalue weighted by molar-refractivity contribution is 5.41. The number of rotatable bonds is 4. The van der Waals surface area contributed by atoms with E-state index in [1.807, 2.05) is 18.2 Å². The van der Waals surface area contributed by atoms with E-state index in [2.05, 4.69) is 52.0 Å². The molecule has 2 nitrogen and oxygen atoms in total. The van der Waals surface area contributed by atoms with Crippen LogP contribution in [-0.4, -0.2) is 6.54 Å². The molecular weight excluding hydrogens is 258 g/mol. The minimum absolute atomic E-state index is 0.160. The molecule has 0 aliphatic heterocycles.